The third-order valence-corrected chi connectivity index (χ3v) is 1.67. The Kier molecular flexibility index (Phi) is 3.23. The van der Waals surface area contributed by atoms with E-state index in [9.17, 15) is 4.79 Å². The molecule has 0 aliphatic heterocycles. The molecule has 1 rings (SSSR count). The summed E-state index contributed by atoms with van der Waals surface area (Å²) in [7, 11) is 0. The molecular weight excluding hydrogens is 180 g/mol. The average Bonchev–Trinajstić information content (AvgIpc) is 2.15. The third-order valence-electron chi connectivity index (χ3n) is 1.67. The molecule has 0 aromatic heterocycles. The normalized spacial score (nSPS) is 11.8. The lowest BCUT2D eigenvalue weighted by atomic mass is 10.1. The van der Waals surface area contributed by atoms with Gasteiger partial charge in [-0.15, -0.1) is 0 Å². The van der Waals surface area contributed by atoms with Crippen molar-refractivity contribution in [3.63, 3.8) is 0 Å². The third kappa shape index (κ3) is 2.58. The number of esters is 1. The number of ether oxygens (including phenoxy) is 1. The molecule has 1 aromatic rings. The first-order valence-corrected chi connectivity index (χ1v) is 4.17. The second kappa shape index (κ2) is 4.41. The molecule has 1 unspecified atom stereocenters. The Morgan fingerprint density at radius 2 is 2.00 bits per heavy atom. The molecule has 0 heterocycles. The molecule has 14 heavy (non-hydrogen) atoms. The summed E-state index contributed by atoms with van der Waals surface area (Å²) in [5, 5.41) is 7.28. The summed E-state index contributed by atoms with van der Waals surface area (Å²) < 4.78 is 4.91. The van der Waals surface area contributed by atoms with Crippen molar-refractivity contribution in [2.45, 2.75) is 13.0 Å². The predicted octanol–water partition coefficient (Wildman–Crippen LogP) is 1.23. The maximum absolute atomic E-state index is 10.8. The quantitative estimate of drug-likeness (QED) is 0.429. The summed E-state index contributed by atoms with van der Waals surface area (Å²) in [6.07, 6.45) is -0.770. The van der Waals surface area contributed by atoms with E-state index in [1.807, 2.05) is 6.07 Å². The number of carbonyl (C=O) groups excluding carboxylic acids is 1. The van der Waals surface area contributed by atoms with Crippen LogP contribution >= 0.6 is 0 Å². The molecule has 4 heteroatoms. The van der Waals surface area contributed by atoms with Crippen LogP contribution in [0.2, 0.25) is 0 Å². The molecule has 0 radical (unpaired) electrons. The van der Waals surface area contributed by atoms with E-state index < -0.39 is 12.1 Å². The van der Waals surface area contributed by atoms with E-state index in [-0.39, 0.29) is 5.84 Å². The van der Waals surface area contributed by atoms with Gasteiger partial charge >= 0.3 is 5.97 Å². The molecule has 1 aromatic carbocycles. The number of hydrogen-bond acceptors (Lipinski definition) is 3. The Labute approximate surface area is 82.2 Å². The summed E-state index contributed by atoms with van der Waals surface area (Å²) in [5.74, 6) is -0.625. The van der Waals surface area contributed by atoms with Crippen molar-refractivity contribution in [3.05, 3.63) is 35.9 Å². The monoisotopic (exact) mass is 192 g/mol. The van der Waals surface area contributed by atoms with Crippen LogP contribution < -0.4 is 5.73 Å². The molecule has 0 saturated heterocycles. The smallest absolute Gasteiger partial charge is 0.303 e. The zero-order chi connectivity index (χ0) is 10.6. The molecule has 4 nitrogen and oxygen atoms in total. The van der Waals surface area contributed by atoms with Gasteiger partial charge in [0.2, 0.25) is 0 Å². The van der Waals surface area contributed by atoms with Crippen LogP contribution in [0.4, 0.5) is 0 Å². The second-order valence-electron chi connectivity index (χ2n) is 2.86. The van der Waals surface area contributed by atoms with E-state index >= 15 is 0 Å². The van der Waals surface area contributed by atoms with Crippen LogP contribution in [-0.4, -0.2) is 11.8 Å². The minimum atomic E-state index is -0.770. The molecule has 0 amide bonds. The molecule has 0 bridgehead atoms. The molecule has 0 saturated carbocycles. The van der Waals surface area contributed by atoms with E-state index in [2.05, 4.69) is 0 Å². The first-order valence-electron chi connectivity index (χ1n) is 4.17. The number of rotatable bonds is 3. The maximum atomic E-state index is 10.8. The fourth-order valence-electron chi connectivity index (χ4n) is 1.10. The molecule has 0 aliphatic carbocycles. The Morgan fingerprint density at radius 1 is 1.43 bits per heavy atom. The van der Waals surface area contributed by atoms with Gasteiger partial charge in [-0.25, -0.2) is 0 Å². The molecule has 1 atom stereocenters. The largest absolute Gasteiger partial charge is 0.449 e. The van der Waals surface area contributed by atoms with Gasteiger partial charge in [0.25, 0.3) is 0 Å². The lowest BCUT2D eigenvalue weighted by Gasteiger charge is -2.15. The van der Waals surface area contributed by atoms with E-state index in [4.69, 9.17) is 15.9 Å². The van der Waals surface area contributed by atoms with Crippen LogP contribution in [0, 0.1) is 5.41 Å². The van der Waals surface area contributed by atoms with E-state index in [1.54, 1.807) is 24.3 Å². The standard InChI is InChI=1S/C10H12N2O2/c1-7(13)14-9(10(11)12)8-5-3-2-4-6-8/h2-6,9H,1H3,(H3,11,12). The minimum Gasteiger partial charge on any atom is -0.449 e. The molecule has 0 fully saturated rings. The Bertz CT molecular complexity index is 335. The number of nitrogens with one attached hydrogen (secondary N) is 1. The van der Waals surface area contributed by atoms with Crippen molar-refractivity contribution < 1.29 is 9.53 Å². The van der Waals surface area contributed by atoms with E-state index in [0.717, 1.165) is 0 Å². The highest BCUT2D eigenvalue weighted by atomic mass is 16.5. The van der Waals surface area contributed by atoms with Crippen molar-refractivity contribution >= 4 is 11.8 Å². The minimum absolute atomic E-state index is 0.175. The van der Waals surface area contributed by atoms with Gasteiger partial charge in [0.1, 0.15) is 5.84 Å². The number of benzene rings is 1. The SMILES string of the molecule is CC(=O)OC(C(=N)N)c1ccccc1. The van der Waals surface area contributed by atoms with Crippen molar-refractivity contribution in [2.24, 2.45) is 5.73 Å². The lowest BCUT2D eigenvalue weighted by Crippen LogP contribution is -2.24. The molecule has 0 aliphatic rings. The summed E-state index contributed by atoms with van der Waals surface area (Å²) in [6.45, 7) is 1.29. The highest BCUT2D eigenvalue weighted by molar-refractivity contribution is 5.85. The maximum Gasteiger partial charge on any atom is 0.303 e. The Hall–Kier alpha value is -1.84. The highest BCUT2D eigenvalue weighted by Crippen LogP contribution is 2.16. The van der Waals surface area contributed by atoms with Crippen LogP contribution in [0.1, 0.15) is 18.6 Å². The van der Waals surface area contributed by atoms with Crippen LogP contribution in [-0.2, 0) is 9.53 Å². The van der Waals surface area contributed by atoms with Gasteiger partial charge in [-0.2, -0.15) is 0 Å². The van der Waals surface area contributed by atoms with Crippen LogP contribution in [0.15, 0.2) is 30.3 Å². The van der Waals surface area contributed by atoms with Gasteiger partial charge in [-0.1, -0.05) is 30.3 Å². The fraction of sp³-hybridized carbons (Fsp3) is 0.200. The number of hydrogen-bond donors (Lipinski definition) is 2. The van der Waals surface area contributed by atoms with Gasteiger partial charge in [-0.3, -0.25) is 10.2 Å². The van der Waals surface area contributed by atoms with E-state index in [0.29, 0.717) is 5.56 Å². The topological polar surface area (TPSA) is 76.2 Å². The second-order valence-corrected chi connectivity index (χ2v) is 2.86. The van der Waals surface area contributed by atoms with Crippen molar-refractivity contribution in [2.75, 3.05) is 0 Å². The van der Waals surface area contributed by atoms with Crippen molar-refractivity contribution in [3.8, 4) is 0 Å². The van der Waals surface area contributed by atoms with Crippen LogP contribution in [0.5, 0.6) is 0 Å². The fourth-order valence-corrected chi connectivity index (χ4v) is 1.10. The Morgan fingerprint density at radius 3 is 2.43 bits per heavy atom. The molecule has 0 spiro atoms. The average molecular weight is 192 g/mol. The van der Waals surface area contributed by atoms with Crippen LogP contribution in [0.25, 0.3) is 0 Å². The first kappa shape index (κ1) is 10.2. The predicted molar refractivity (Wildman–Crippen MR) is 52.9 cm³/mol. The Balaban J connectivity index is 2.89. The summed E-state index contributed by atoms with van der Waals surface area (Å²) in [4.78, 5) is 10.8. The number of amidine groups is 1. The number of nitrogens with two attached hydrogens (primary N) is 1. The van der Waals surface area contributed by atoms with Gasteiger partial charge in [0, 0.05) is 12.5 Å². The van der Waals surface area contributed by atoms with Gasteiger partial charge in [0.15, 0.2) is 6.10 Å². The van der Waals surface area contributed by atoms with Crippen molar-refractivity contribution in [1.82, 2.24) is 0 Å². The molecular formula is C10H12N2O2. The molecule has 3 N–H and O–H groups in total. The van der Waals surface area contributed by atoms with Crippen molar-refractivity contribution in [1.29, 1.82) is 5.41 Å². The summed E-state index contributed by atoms with van der Waals surface area (Å²) >= 11 is 0. The zero-order valence-electron chi connectivity index (χ0n) is 7.86. The zero-order valence-corrected chi connectivity index (χ0v) is 7.86. The van der Waals surface area contributed by atoms with Crippen LogP contribution in [0.3, 0.4) is 0 Å². The highest BCUT2D eigenvalue weighted by Gasteiger charge is 2.17. The first-order chi connectivity index (χ1) is 6.61. The van der Waals surface area contributed by atoms with Gasteiger partial charge < -0.3 is 10.5 Å². The molecule has 74 valence electrons. The number of carbonyl (C=O) groups is 1. The summed E-state index contributed by atoms with van der Waals surface area (Å²) in [6, 6.07) is 8.96. The van der Waals surface area contributed by atoms with Gasteiger partial charge in [-0.05, 0) is 0 Å². The van der Waals surface area contributed by atoms with Gasteiger partial charge in [0.05, 0.1) is 0 Å². The summed E-state index contributed by atoms with van der Waals surface area (Å²) in [5.41, 5.74) is 6.03. The lowest BCUT2D eigenvalue weighted by molar-refractivity contribution is -0.143. The van der Waals surface area contributed by atoms with E-state index in [1.165, 1.54) is 6.92 Å².